The van der Waals surface area contributed by atoms with Crippen LogP contribution in [-0.2, 0) is 4.74 Å². The molecule has 0 amide bonds. The van der Waals surface area contributed by atoms with Crippen molar-refractivity contribution >= 4 is 5.69 Å². The molecule has 1 aliphatic rings. The van der Waals surface area contributed by atoms with E-state index in [0.29, 0.717) is 18.7 Å². The fraction of sp³-hybridized carbons (Fsp3) is 0.417. The minimum atomic E-state index is -0.452. The Morgan fingerprint density at radius 2 is 2.19 bits per heavy atom. The molecule has 4 heteroatoms. The summed E-state index contributed by atoms with van der Waals surface area (Å²) in [5, 5.41) is 8.69. The lowest BCUT2D eigenvalue weighted by Crippen LogP contribution is -2.43. The minimum Gasteiger partial charge on any atom is -0.372 e. The van der Waals surface area contributed by atoms with Crippen LogP contribution in [0.1, 0.15) is 5.56 Å². The summed E-state index contributed by atoms with van der Waals surface area (Å²) >= 11 is 0. The van der Waals surface area contributed by atoms with Gasteiger partial charge in [-0.25, -0.2) is 4.39 Å². The van der Waals surface area contributed by atoms with Gasteiger partial charge >= 0.3 is 0 Å². The standard InChI is InChI=1S/C12H13FN2O/c13-7-12-9-15(5-6-16-12)11-3-1-10(8-14)2-4-11/h1-4,12H,5-7,9H2. The number of alkyl halides is 1. The second-order valence-corrected chi connectivity index (χ2v) is 3.75. The summed E-state index contributed by atoms with van der Waals surface area (Å²) in [5.41, 5.74) is 1.65. The van der Waals surface area contributed by atoms with Crippen LogP contribution in [0.3, 0.4) is 0 Å². The lowest BCUT2D eigenvalue weighted by Gasteiger charge is -2.33. The molecule has 1 heterocycles. The third kappa shape index (κ3) is 2.31. The Bertz CT molecular complexity index is 385. The van der Waals surface area contributed by atoms with E-state index in [4.69, 9.17) is 10.00 Å². The number of benzene rings is 1. The third-order valence-corrected chi connectivity index (χ3v) is 2.67. The number of rotatable bonds is 2. The van der Waals surface area contributed by atoms with Gasteiger partial charge < -0.3 is 9.64 Å². The van der Waals surface area contributed by atoms with Crippen molar-refractivity contribution in [1.29, 1.82) is 5.26 Å². The highest BCUT2D eigenvalue weighted by Crippen LogP contribution is 2.18. The van der Waals surface area contributed by atoms with Crippen molar-refractivity contribution in [2.75, 3.05) is 31.3 Å². The van der Waals surface area contributed by atoms with Gasteiger partial charge in [-0.05, 0) is 24.3 Å². The summed E-state index contributed by atoms with van der Waals surface area (Å²) in [5.74, 6) is 0. The van der Waals surface area contributed by atoms with Crippen LogP contribution in [-0.4, -0.2) is 32.5 Å². The summed E-state index contributed by atoms with van der Waals surface area (Å²) in [4.78, 5) is 2.08. The molecule has 0 spiro atoms. The topological polar surface area (TPSA) is 36.3 Å². The third-order valence-electron chi connectivity index (χ3n) is 2.67. The molecule has 1 aromatic rings. The molecule has 1 atom stereocenters. The van der Waals surface area contributed by atoms with Crippen molar-refractivity contribution in [2.24, 2.45) is 0 Å². The van der Waals surface area contributed by atoms with Gasteiger partial charge in [-0.3, -0.25) is 0 Å². The van der Waals surface area contributed by atoms with E-state index < -0.39 is 6.67 Å². The predicted molar refractivity (Wildman–Crippen MR) is 59.1 cm³/mol. The number of hydrogen-bond acceptors (Lipinski definition) is 3. The molecule has 16 heavy (non-hydrogen) atoms. The van der Waals surface area contributed by atoms with Crippen molar-refractivity contribution in [2.45, 2.75) is 6.10 Å². The maximum atomic E-state index is 12.5. The van der Waals surface area contributed by atoms with E-state index in [9.17, 15) is 4.39 Å². The van der Waals surface area contributed by atoms with Crippen molar-refractivity contribution in [1.82, 2.24) is 0 Å². The molecule has 0 aromatic heterocycles. The first kappa shape index (κ1) is 10.9. The number of halogens is 1. The summed E-state index contributed by atoms with van der Waals surface area (Å²) < 4.78 is 17.7. The van der Waals surface area contributed by atoms with Crippen LogP contribution in [0.5, 0.6) is 0 Å². The fourth-order valence-electron chi connectivity index (χ4n) is 1.79. The van der Waals surface area contributed by atoms with Crippen molar-refractivity contribution in [3.05, 3.63) is 29.8 Å². The Labute approximate surface area is 94.0 Å². The molecule has 0 bridgehead atoms. The second kappa shape index (κ2) is 4.95. The summed E-state index contributed by atoms with van der Waals surface area (Å²) in [7, 11) is 0. The van der Waals surface area contributed by atoms with E-state index in [-0.39, 0.29) is 6.10 Å². The summed E-state index contributed by atoms with van der Waals surface area (Å²) in [6.45, 7) is 1.44. The Hall–Kier alpha value is -1.60. The van der Waals surface area contributed by atoms with Crippen molar-refractivity contribution < 1.29 is 9.13 Å². The molecule has 2 rings (SSSR count). The second-order valence-electron chi connectivity index (χ2n) is 3.75. The first-order valence-electron chi connectivity index (χ1n) is 5.26. The van der Waals surface area contributed by atoms with Crippen molar-refractivity contribution in [3.63, 3.8) is 0 Å². The summed E-state index contributed by atoms with van der Waals surface area (Å²) in [6.07, 6.45) is -0.329. The van der Waals surface area contributed by atoms with Gasteiger partial charge in [0.1, 0.15) is 12.8 Å². The number of hydrogen-bond donors (Lipinski definition) is 0. The Balaban J connectivity index is 2.08. The molecule has 84 valence electrons. The van der Waals surface area contributed by atoms with E-state index in [1.54, 1.807) is 12.1 Å². The van der Waals surface area contributed by atoms with Crippen LogP contribution in [0, 0.1) is 11.3 Å². The van der Waals surface area contributed by atoms with E-state index in [1.165, 1.54) is 0 Å². The zero-order valence-electron chi connectivity index (χ0n) is 8.90. The maximum absolute atomic E-state index is 12.5. The molecule has 1 saturated heterocycles. The monoisotopic (exact) mass is 220 g/mol. The first-order chi connectivity index (χ1) is 7.83. The molecule has 0 saturated carbocycles. The molecule has 0 aliphatic carbocycles. The smallest absolute Gasteiger partial charge is 0.117 e. The largest absolute Gasteiger partial charge is 0.372 e. The maximum Gasteiger partial charge on any atom is 0.117 e. The van der Waals surface area contributed by atoms with E-state index >= 15 is 0 Å². The Morgan fingerprint density at radius 3 is 2.81 bits per heavy atom. The first-order valence-corrected chi connectivity index (χ1v) is 5.26. The zero-order chi connectivity index (χ0) is 11.4. The molecule has 0 N–H and O–H groups in total. The van der Waals surface area contributed by atoms with E-state index in [2.05, 4.69) is 11.0 Å². The van der Waals surface area contributed by atoms with Gasteiger partial charge in [0.05, 0.1) is 18.2 Å². The number of nitriles is 1. The molecule has 3 nitrogen and oxygen atoms in total. The fourth-order valence-corrected chi connectivity index (χ4v) is 1.79. The number of nitrogens with zero attached hydrogens (tertiary/aromatic N) is 2. The van der Waals surface area contributed by atoms with Gasteiger partial charge in [0.15, 0.2) is 0 Å². The van der Waals surface area contributed by atoms with Gasteiger partial charge in [0.2, 0.25) is 0 Å². The predicted octanol–water partition coefficient (Wildman–Crippen LogP) is 1.73. The van der Waals surface area contributed by atoms with Gasteiger partial charge in [0.25, 0.3) is 0 Å². The molecule has 1 unspecified atom stereocenters. The van der Waals surface area contributed by atoms with Crippen LogP contribution in [0.2, 0.25) is 0 Å². The van der Waals surface area contributed by atoms with Gasteiger partial charge in [0, 0.05) is 18.8 Å². The lowest BCUT2D eigenvalue weighted by atomic mass is 10.2. The van der Waals surface area contributed by atoms with Crippen LogP contribution in [0.15, 0.2) is 24.3 Å². The number of anilines is 1. The van der Waals surface area contributed by atoms with Crippen LogP contribution < -0.4 is 4.90 Å². The average molecular weight is 220 g/mol. The SMILES string of the molecule is N#Cc1ccc(N2CCOC(CF)C2)cc1. The highest BCUT2D eigenvalue weighted by Gasteiger charge is 2.20. The molecule has 1 fully saturated rings. The number of morpholine rings is 1. The van der Waals surface area contributed by atoms with E-state index in [0.717, 1.165) is 12.2 Å². The zero-order valence-corrected chi connectivity index (χ0v) is 8.90. The minimum absolute atomic E-state index is 0.329. The lowest BCUT2D eigenvalue weighted by molar-refractivity contribution is 0.0247. The van der Waals surface area contributed by atoms with Gasteiger partial charge in [-0.1, -0.05) is 0 Å². The average Bonchev–Trinajstić information content (AvgIpc) is 2.39. The number of ether oxygens (including phenoxy) is 1. The highest BCUT2D eigenvalue weighted by atomic mass is 19.1. The summed E-state index contributed by atoms with van der Waals surface area (Å²) in [6, 6.07) is 9.40. The molecular weight excluding hydrogens is 207 g/mol. The highest BCUT2D eigenvalue weighted by molar-refractivity contribution is 5.50. The Morgan fingerprint density at radius 1 is 1.44 bits per heavy atom. The van der Waals surface area contributed by atoms with Crippen LogP contribution in [0.4, 0.5) is 10.1 Å². The van der Waals surface area contributed by atoms with Crippen molar-refractivity contribution in [3.8, 4) is 6.07 Å². The Kier molecular flexibility index (Phi) is 3.37. The molecule has 1 aromatic carbocycles. The quantitative estimate of drug-likeness (QED) is 0.761. The normalized spacial score (nSPS) is 20.5. The van der Waals surface area contributed by atoms with Crippen LogP contribution in [0.25, 0.3) is 0 Å². The van der Waals surface area contributed by atoms with Gasteiger partial charge in [-0.2, -0.15) is 5.26 Å². The molecule has 0 radical (unpaired) electrons. The van der Waals surface area contributed by atoms with E-state index in [1.807, 2.05) is 12.1 Å². The molecule has 1 aliphatic heterocycles. The van der Waals surface area contributed by atoms with Gasteiger partial charge in [-0.15, -0.1) is 0 Å². The van der Waals surface area contributed by atoms with Crippen LogP contribution >= 0.6 is 0 Å². The molecular formula is C12H13FN2O.